The van der Waals surface area contributed by atoms with Gasteiger partial charge in [-0.2, -0.15) is 0 Å². The molecule has 0 aliphatic heterocycles. The van der Waals surface area contributed by atoms with Gasteiger partial charge >= 0.3 is 0 Å². The molecule has 1 aliphatic carbocycles. The number of rotatable bonds is 0. The molecule has 9 heavy (non-hydrogen) atoms. The van der Waals surface area contributed by atoms with Gasteiger partial charge in [0.25, 0.3) is 0 Å². The summed E-state index contributed by atoms with van der Waals surface area (Å²) in [5.41, 5.74) is 0.497. The minimum absolute atomic E-state index is 0.497. The van der Waals surface area contributed by atoms with Crippen LogP contribution in [0.15, 0.2) is 0 Å². The van der Waals surface area contributed by atoms with Crippen LogP contribution in [0.25, 0.3) is 0 Å². The van der Waals surface area contributed by atoms with Gasteiger partial charge in [0.05, 0.1) is 18.8 Å². The van der Waals surface area contributed by atoms with Crippen LogP contribution in [0.5, 0.6) is 0 Å². The molecule has 0 nitrogen and oxygen atoms in total. The van der Waals surface area contributed by atoms with E-state index < -0.39 is 0 Å². The number of hydrogen-bond acceptors (Lipinski definition) is 0. The average Bonchev–Trinajstić information content (AvgIpc) is 2.08. The standard InChI is InChI=1S/C9H17/c1-9(2,3)8-6-4-5-7-8/h4-7H2,1-3H3/q+1. The van der Waals surface area contributed by atoms with Crippen LogP contribution in [-0.4, -0.2) is 0 Å². The minimum atomic E-state index is 0.497. The van der Waals surface area contributed by atoms with Gasteiger partial charge in [0.2, 0.25) is 0 Å². The Morgan fingerprint density at radius 3 is 1.67 bits per heavy atom. The molecular formula is C9H17+. The Hall–Kier alpha value is -0.130. The molecule has 52 valence electrons. The molecule has 0 N–H and O–H groups in total. The van der Waals surface area contributed by atoms with Crippen LogP contribution < -0.4 is 0 Å². The van der Waals surface area contributed by atoms with E-state index in [1.165, 1.54) is 25.7 Å². The van der Waals surface area contributed by atoms with E-state index in [2.05, 4.69) is 20.8 Å². The molecule has 0 heterocycles. The van der Waals surface area contributed by atoms with E-state index in [4.69, 9.17) is 0 Å². The molecule has 0 bridgehead atoms. The van der Waals surface area contributed by atoms with Gasteiger partial charge in [-0.1, -0.05) is 0 Å². The highest BCUT2D eigenvalue weighted by atomic mass is 14.3. The maximum absolute atomic E-state index is 2.33. The second-order valence-corrected chi connectivity index (χ2v) is 4.06. The highest BCUT2D eigenvalue weighted by Gasteiger charge is 2.37. The van der Waals surface area contributed by atoms with E-state index in [1.807, 2.05) is 0 Å². The van der Waals surface area contributed by atoms with Gasteiger partial charge in [-0.25, -0.2) is 0 Å². The SMILES string of the molecule is CC(C)(C)[C+]1CCCC1. The van der Waals surface area contributed by atoms with E-state index >= 15 is 0 Å². The highest BCUT2D eigenvalue weighted by Crippen LogP contribution is 2.40. The van der Waals surface area contributed by atoms with E-state index in [0.29, 0.717) is 5.41 Å². The van der Waals surface area contributed by atoms with Crippen molar-refractivity contribution in [2.45, 2.75) is 46.5 Å². The van der Waals surface area contributed by atoms with Gasteiger partial charge in [0, 0.05) is 0 Å². The molecule has 0 radical (unpaired) electrons. The molecular weight excluding hydrogens is 108 g/mol. The summed E-state index contributed by atoms with van der Waals surface area (Å²) in [5, 5.41) is 0. The van der Waals surface area contributed by atoms with E-state index in [1.54, 1.807) is 5.92 Å². The van der Waals surface area contributed by atoms with Crippen molar-refractivity contribution in [3.05, 3.63) is 5.92 Å². The topological polar surface area (TPSA) is 0 Å². The third-order valence-corrected chi connectivity index (χ3v) is 2.27. The molecule has 0 atom stereocenters. The van der Waals surface area contributed by atoms with Gasteiger partial charge in [0.1, 0.15) is 5.41 Å². The first kappa shape index (κ1) is 6.98. The smallest absolute Gasteiger partial charge is 0.0190 e. The molecule has 0 amide bonds. The van der Waals surface area contributed by atoms with Crippen LogP contribution in [0.1, 0.15) is 46.5 Å². The fraction of sp³-hybridized carbons (Fsp3) is 0.889. The predicted molar refractivity (Wildman–Crippen MR) is 41.2 cm³/mol. The lowest BCUT2D eigenvalue weighted by Gasteiger charge is -2.14. The first-order valence-electron chi connectivity index (χ1n) is 3.96. The third kappa shape index (κ3) is 1.64. The third-order valence-electron chi connectivity index (χ3n) is 2.27. The second kappa shape index (κ2) is 2.24. The van der Waals surface area contributed by atoms with Crippen LogP contribution >= 0.6 is 0 Å². The summed E-state index contributed by atoms with van der Waals surface area (Å²) in [5.74, 6) is 1.78. The van der Waals surface area contributed by atoms with Gasteiger partial charge in [-0.3, -0.25) is 0 Å². The molecule has 1 fully saturated rings. The van der Waals surface area contributed by atoms with E-state index in [9.17, 15) is 0 Å². The molecule has 0 aromatic rings. The first-order valence-corrected chi connectivity index (χ1v) is 3.96. The Bertz CT molecular complexity index is 80.7. The molecule has 0 saturated heterocycles. The Morgan fingerprint density at radius 1 is 1.00 bits per heavy atom. The van der Waals surface area contributed by atoms with Crippen LogP contribution in [0.4, 0.5) is 0 Å². The zero-order chi connectivity index (χ0) is 6.91. The van der Waals surface area contributed by atoms with Crippen molar-refractivity contribution in [2.75, 3.05) is 0 Å². The van der Waals surface area contributed by atoms with Crippen molar-refractivity contribution < 1.29 is 0 Å². The lowest BCUT2D eigenvalue weighted by Crippen LogP contribution is -2.14. The average molecular weight is 125 g/mol. The summed E-state index contributed by atoms with van der Waals surface area (Å²) in [6, 6.07) is 0. The van der Waals surface area contributed by atoms with Gasteiger partial charge in [0.15, 0.2) is 0 Å². The monoisotopic (exact) mass is 125 g/mol. The molecule has 0 spiro atoms. The van der Waals surface area contributed by atoms with Crippen molar-refractivity contribution in [3.8, 4) is 0 Å². The minimum Gasteiger partial charge on any atom is -0.0190 e. The van der Waals surface area contributed by atoms with Crippen LogP contribution in [0, 0.1) is 11.3 Å². The van der Waals surface area contributed by atoms with Crippen molar-refractivity contribution in [1.29, 1.82) is 0 Å². The lowest BCUT2D eigenvalue weighted by molar-refractivity contribution is 0.412. The zero-order valence-corrected chi connectivity index (χ0v) is 6.83. The molecule has 1 rings (SSSR count). The highest BCUT2D eigenvalue weighted by molar-refractivity contribution is 5.03. The maximum Gasteiger partial charge on any atom is 0.102 e. The summed E-state index contributed by atoms with van der Waals surface area (Å²) < 4.78 is 0. The fourth-order valence-corrected chi connectivity index (χ4v) is 1.55. The van der Waals surface area contributed by atoms with Crippen LogP contribution in [0.3, 0.4) is 0 Å². The van der Waals surface area contributed by atoms with Gasteiger partial charge in [-0.15, -0.1) is 0 Å². The quantitative estimate of drug-likeness (QED) is 0.436. The molecule has 1 saturated carbocycles. The summed E-state index contributed by atoms with van der Waals surface area (Å²) in [4.78, 5) is 0. The Kier molecular flexibility index (Phi) is 1.74. The lowest BCUT2D eigenvalue weighted by atomic mass is 9.80. The summed E-state index contributed by atoms with van der Waals surface area (Å²) in [6.07, 6.45) is 5.66. The predicted octanol–water partition coefficient (Wildman–Crippen LogP) is 3.18. The second-order valence-electron chi connectivity index (χ2n) is 4.06. The Balaban J connectivity index is 2.42. The molecule has 0 unspecified atom stereocenters. The van der Waals surface area contributed by atoms with Crippen LogP contribution in [-0.2, 0) is 0 Å². The first-order chi connectivity index (χ1) is 4.11. The maximum atomic E-state index is 2.33. The Morgan fingerprint density at radius 2 is 1.44 bits per heavy atom. The zero-order valence-electron chi connectivity index (χ0n) is 6.83. The molecule has 0 heteroatoms. The molecule has 0 aromatic heterocycles. The summed E-state index contributed by atoms with van der Waals surface area (Å²) in [6.45, 7) is 6.98. The van der Waals surface area contributed by atoms with Crippen molar-refractivity contribution in [3.63, 3.8) is 0 Å². The van der Waals surface area contributed by atoms with Crippen molar-refractivity contribution >= 4 is 0 Å². The molecule has 1 aliphatic rings. The van der Waals surface area contributed by atoms with E-state index in [-0.39, 0.29) is 0 Å². The van der Waals surface area contributed by atoms with E-state index in [0.717, 1.165) is 0 Å². The molecule has 0 aromatic carbocycles. The fourth-order valence-electron chi connectivity index (χ4n) is 1.55. The van der Waals surface area contributed by atoms with Crippen molar-refractivity contribution in [2.24, 2.45) is 5.41 Å². The normalized spacial score (nSPS) is 21.0. The van der Waals surface area contributed by atoms with Crippen LogP contribution in [0.2, 0.25) is 0 Å². The van der Waals surface area contributed by atoms with Crippen molar-refractivity contribution in [1.82, 2.24) is 0 Å². The summed E-state index contributed by atoms with van der Waals surface area (Å²) >= 11 is 0. The van der Waals surface area contributed by atoms with Gasteiger partial charge < -0.3 is 0 Å². The Labute approximate surface area is 58.7 Å². The largest absolute Gasteiger partial charge is 0.102 e. The van der Waals surface area contributed by atoms with Gasteiger partial charge in [-0.05, 0) is 33.6 Å². The summed E-state index contributed by atoms with van der Waals surface area (Å²) in [7, 11) is 0. The number of hydrogen-bond donors (Lipinski definition) is 0.